The predicted octanol–water partition coefficient (Wildman–Crippen LogP) is 3.69. The monoisotopic (exact) mass is 259 g/mol. The maximum absolute atomic E-state index is 5.46. The highest BCUT2D eigenvalue weighted by Crippen LogP contribution is 2.30. The molecule has 0 radical (unpaired) electrons. The van der Waals surface area contributed by atoms with E-state index in [1.54, 1.807) is 7.11 Å². The summed E-state index contributed by atoms with van der Waals surface area (Å²) in [5.41, 5.74) is 2.27. The number of rotatable bonds is 6. The number of hydrogen-bond acceptors (Lipinski definition) is 3. The summed E-state index contributed by atoms with van der Waals surface area (Å²) in [6.07, 6.45) is 2.90. The van der Waals surface area contributed by atoms with Gasteiger partial charge in [0, 0.05) is 11.1 Å². The van der Waals surface area contributed by atoms with Crippen LogP contribution < -0.4 is 10.1 Å². The average molecular weight is 259 g/mol. The molecule has 102 valence electrons. The predicted molar refractivity (Wildman–Crippen MR) is 76.6 cm³/mol. The molecule has 0 aliphatic carbocycles. The lowest BCUT2D eigenvalue weighted by Crippen LogP contribution is -2.23. The van der Waals surface area contributed by atoms with Crippen molar-refractivity contribution >= 4 is 0 Å². The van der Waals surface area contributed by atoms with Gasteiger partial charge in [-0.25, -0.2) is 0 Å². The molecule has 0 amide bonds. The first-order valence-electron chi connectivity index (χ1n) is 6.67. The molecule has 2 aromatic rings. The summed E-state index contributed by atoms with van der Waals surface area (Å²) in [4.78, 5) is 0. The molecular weight excluding hydrogens is 238 g/mol. The molecule has 0 spiro atoms. The summed E-state index contributed by atoms with van der Waals surface area (Å²) >= 11 is 0. The van der Waals surface area contributed by atoms with E-state index in [2.05, 4.69) is 24.4 Å². The summed E-state index contributed by atoms with van der Waals surface area (Å²) in [6, 6.07) is 10.3. The van der Waals surface area contributed by atoms with Crippen LogP contribution in [0, 0.1) is 6.92 Å². The molecule has 1 N–H and O–H groups in total. The fourth-order valence-corrected chi connectivity index (χ4v) is 2.22. The SMILES string of the molecule is CCCNC(c1coc(C)c1)c1ccccc1OC. The summed E-state index contributed by atoms with van der Waals surface area (Å²) in [6.45, 7) is 5.07. The van der Waals surface area contributed by atoms with Crippen LogP contribution in [0.3, 0.4) is 0 Å². The lowest BCUT2D eigenvalue weighted by Gasteiger charge is -2.20. The van der Waals surface area contributed by atoms with E-state index in [1.165, 1.54) is 0 Å². The molecule has 1 aromatic carbocycles. The van der Waals surface area contributed by atoms with Gasteiger partial charge in [-0.1, -0.05) is 25.1 Å². The number of aryl methyl sites for hydroxylation is 1. The Morgan fingerprint density at radius 2 is 2.11 bits per heavy atom. The van der Waals surface area contributed by atoms with Gasteiger partial charge in [0.15, 0.2) is 0 Å². The van der Waals surface area contributed by atoms with Crippen molar-refractivity contribution in [2.24, 2.45) is 0 Å². The van der Waals surface area contributed by atoms with Crippen LogP contribution in [0.25, 0.3) is 0 Å². The average Bonchev–Trinajstić information content (AvgIpc) is 2.86. The van der Waals surface area contributed by atoms with Crippen molar-refractivity contribution in [2.45, 2.75) is 26.3 Å². The number of furan rings is 1. The second-order valence-electron chi connectivity index (χ2n) is 4.62. The molecule has 0 aliphatic rings. The van der Waals surface area contributed by atoms with Gasteiger partial charge >= 0.3 is 0 Å². The third kappa shape index (κ3) is 3.18. The number of para-hydroxylation sites is 1. The molecule has 3 nitrogen and oxygen atoms in total. The zero-order chi connectivity index (χ0) is 13.7. The van der Waals surface area contributed by atoms with Gasteiger partial charge < -0.3 is 14.5 Å². The fourth-order valence-electron chi connectivity index (χ4n) is 2.22. The Bertz CT molecular complexity index is 519. The van der Waals surface area contributed by atoms with Crippen molar-refractivity contribution < 1.29 is 9.15 Å². The molecule has 1 atom stereocenters. The zero-order valence-electron chi connectivity index (χ0n) is 11.8. The van der Waals surface area contributed by atoms with Crippen LogP contribution in [0.1, 0.15) is 36.3 Å². The van der Waals surface area contributed by atoms with Crippen molar-refractivity contribution in [3.05, 3.63) is 53.5 Å². The quantitative estimate of drug-likeness (QED) is 0.859. The number of benzene rings is 1. The first-order valence-corrected chi connectivity index (χ1v) is 6.67. The van der Waals surface area contributed by atoms with Crippen molar-refractivity contribution in [1.82, 2.24) is 5.32 Å². The molecular formula is C16H21NO2. The number of hydrogen-bond donors (Lipinski definition) is 1. The summed E-state index contributed by atoms with van der Waals surface area (Å²) in [5, 5.41) is 3.55. The minimum atomic E-state index is 0.105. The molecule has 1 unspecified atom stereocenters. The van der Waals surface area contributed by atoms with Crippen LogP contribution in [0.5, 0.6) is 5.75 Å². The molecule has 0 saturated carbocycles. The maximum atomic E-state index is 5.46. The van der Waals surface area contributed by atoms with Crippen LogP contribution in [-0.2, 0) is 0 Å². The minimum absolute atomic E-state index is 0.105. The van der Waals surface area contributed by atoms with E-state index < -0.39 is 0 Å². The minimum Gasteiger partial charge on any atom is -0.496 e. The molecule has 0 fully saturated rings. The summed E-state index contributed by atoms with van der Waals surface area (Å²) in [7, 11) is 1.70. The first kappa shape index (κ1) is 13.7. The lowest BCUT2D eigenvalue weighted by atomic mass is 9.99. The standard InChI is InChI=1S/C16H21NO2/c1-4-9-17-16(13-10-12(2)19-11-13)14-7-5-6-8-15(14)18-3/h5-8,10-11,16-17H,4,9H2,1-3H3. The van der Waals surface area contributed by atoms with E-state index in [0.29, 0.717) is 0 Å². The largest absolute Gasteiger partial charge is 0.496 e. The Balaban J connectivity index is 2.36. The van der Waals surface area contributed by atoms with E-state index in [0.717, 1.165) is 35.6 Å². The number of ether oxygens (including phenoxy) is 1. The Morgan fingerprint density at radius 3 is 2.74 bits per heavy atom. The van der Waals surface area contributed by atoms with E-state index >= 15 is 0 Å². The molecule has 1 aromatic heterocycles. The van der Waals surface area contributed by atoms with Gasteiger partial charge in [0.2, 0.25) is 0 Å². The third-order valence-corrected chi connectivity index (χ3v) is 3.13. The summed E-state index contributed by atoms with van der Waals surface area (Å²) < 4.78 is 10.9. The van der Waals surface area contributed by atoms with Crippen LogP contribution in [0.4, 0.5) is 0 Å². The van der Waals surface area contributed by atoms with Crippen LogP contribution >= 0.6 is 0 Å². The van der Waals surface area contributed by atoms with Crippen LogP contribution in [-0.4, -0.2) is 13.7 Å². The van der Waals surface area contributed by atoms with Gasteiger partial charge in [-0.3, -0.25) is 0 Å². The molecule has 3 heteroatoms. The number of nitrogens with one attached hydrogen (secondary N) is 1. The van der Waals surface area contributed by atoms with E-state index in [9.17, 15) is 0 Å². The van der Waals surface area contributed by atoms with Crippen LogP contribution in [0.2, 0.25) is 0 Å². The number of methoxy groups -OCH3 is 1. The van der Waals surface area contributed by atoms with Crippen molar-refractivity contribution in [2.75, 3.05) is 13.7 Å². The third-order valence-electron chi connectivity index (χ3n) is 3.13. The van der Waals surface area contributed by atoms with Gasteiger partial charge in [-0.15, -0.1) is 0 Å². The second-order valence-corrected chi connectivity index (χ2v) is 4.62. The van der Waals surface area contributed by atoms with Gasteiger partial charge in [0.25, 0.3) is 0 Å². The van der Waals surface area contributed by atoms with Gasteiger partial charge in [-0.05, 0) is 32.0 Å². The topological polar surface area (TPSA) is 34.4 Å². The smallest absolute Gasteiger partial charge is 0.123 e. The van der Waals surface area contributed by atoms with E-state index in [1.807, 2.05) is 31.4 Å². The Labute approximate surface area is 114 Å². The Morgan fingerprint density at radius 1 is 1.32 bits per heavy atom. The Kier molecular flexibility index (Phi) is 4.63. The van der Waals surface area contributed by atoms with Crippen molar-refractivity contribution in [1.29, 1.82) is 0 Å². The van der Waals surface area contributed by atoms with Crippen molar-refractivity contribution in [3.63, 3.8) is 0 Å². The molecule has 0 aliphatic heterocycles. The molecule has 0 saturated heterocycles. The van der Waals surface area contributed by atoms with Gasteiger partial charge in [0.05, 0.1) is 19.4 Å². The molecule has 19 heavy (non-hydrogen) atoms. The Hall–Kier alpha value is -1.74. The summed E-state index contributed by atoms with van der Waals surface area (Å²) in [5.74, 6) is 1.82. The fraction of sp³-hybridized carbons (Fsp3) is 0.375. The normalized spacial score (nSPS) is 12.4. The van der Waals surface area contributed by atoms with Gasteiger partial charge in [-0.2, -0.15) is 0 Å². The highest BCUT2D eigenvalue weighted by molar-refractivity contribution is 5.41. The van der Waals surface area contributed by atoms with E-state index in [-0.39, 0.29) is 6.04 Å². The molecule has 0 bridgehead atoms. The lowest BCUT2D eigenvalue weighted by molar-refractivity contribution is 0.403. The maximum Gasteiger partial charge on any atom is 0.123 e. The molecule has 1 heterocycles. The second kappa shape index (κ2) is 6.43. The highest BCUT2D eigenvalue weighted by Gasteiger charge is 2.18. The highest BCUT2D eigenvalue weighted by atomic mass is 16.5. The van der Waals surface area contributed by atoms with Crippen LogP contribution in [0.15, 0.2) is 41.0 Å². The van der Waals surface area contributed by atoms with E-state index in [4.69, 9.17) is 9.15 Å². The zero-order valence-corrected chi connectivity index (χ0v) is 11.8. The van der Waals surface area contributed by atoms with Crippen molar-refractivity contribution in [3.8, 4) is 5.75 Å². The van der Waals surface area contributed by atoms with Gasteiger partial charge in [0.1, 0.15) is 11.5 Å². The molecule has 2 rings (SSSR count). The first-order chi connectivity index (χ1) is 9.26.